The lowest BCUT2D eigenvalue weighted by Gasteiger charge is -2.38. The summed E-state index contributed by atoms with van der Waals surface area (Å²) in [4.78, 5) is 4.90. The Morgan fingerprint density at radius 3 is 2.88 bits per heavy atom. The summed E-state index contributed by atoms with van der Waals surface area (Å²) in [5.74, 6) is 1.07. The molecular formula is C19H26N4O2. The van der Waals surface area contributed by atoms with Crippen molar-refractivity contribution in [2.75, 3.05) is 44.3 Å². The summed E-state index contributed by atoms with van der Waals surface area (Å²) in [6.07, 6.45) is 4.95. The molecule has 3 heterocycles. The zero-order valence-electron chi connectivity index (χ0n) is 14.8. The molecule has 2 aliphatic heterocycles. The summed E-state index contributed by atoms with van der Waals surface area (Å²) in [6, 6.07) is 7.09. The number of hydrogen-bond acceptors (Lipinski definition) is 5. The van der Waals surface area contributed by atoms with E-state index in [2.05, 4.69) is 40.0 Å². The molecule has 1 fully saturated rings. The number of fused-ring (bicyclic) bond motifs is 1. The zero-order valence-corrected chi connectivity index (χ0v) is 14.8. The van der Waals surface area contributed by atoms with Gasteiger partial charge < -0.3 is 14.7 Å². The average Bonchev–Trinajstić information content (AvgIpc) is 3.30. The Morgan fingerprint density at radius 1 is 1.24 bits per heavy atom. The van der Waals surface area contributed by atoms with Crippen LogP contribution in [0.3, 0.4) is 0 Å². The van der Waals surface area contributed by atoms with Gasteiger partial charge in [-0.3, -0.25) is 9.58 Å². The molecular weight excluding hydrogens is 316 g/mol. The molecule has 2 aromatic rings. The predicted molar refractivity (Wildman–Crippen MR) is 97.2 cm³/mol. The van der Waals surface area contributed by atoms with E-state index in [4.69, 9.17) is 9.84 Å². The molecule has 1 atom stereocenters. The molecule has 0 spiro atoms. The van der Waals surface area contributed by atoms with Crippen molar-refractivity contribution in [2.45, 2.75) is 25.9 Å². The van der Waals surface area contributed by atoms with Gasteiger partial charge >= 0.3 is 0 Å². The highest BCUT2D eigenvalue weighted by Gasteiger charge is 2.24. The van der Waals surface area contributed by atoms with E-state index < -0.39 is 0 Å². The average molecular weight is 342 g/mol. The van der Waals surface area contributed by atoms with E-state index >= 15 is 0 Å². The van der Waals surface area contributed by atoms with Crippen molar-refractivity contribution >= 4 is 5.69 Å². The van der Waals surface area contributed by atoms with Gasteiger partial charge in [-0.25, -0.2) is 0 Å². The highest BCUT2D eigenvalue weighted by Crippen LogP contribution is 2.31. The van der Waals surface area contributed by atoms with Gasteiger partial charge in [0.2, 0.25) is 0 Å². The molecule has 1 saturated heterocycles. The normalized spacial score (nSPS) is 18.9. The number of nitrogens with zero attached hydrogens (tertiary/aromatic N) is 4. The van der Waals surface area contributed by atoms with Crippen LogP contribution in [0.25, 0.3) is 0 Å². The number of anilines is 1. The van der Waals surface area contributed by atoms with Gasteiger partial charge in [-0.1, -0.05) is 12.1 Å². The molecule has 1 aromatic heterocycles. The highest BCUT2D eigenvalue weighted by molar-refractivity contribution is 5.43. The Morgan fingerprint density at radius 2 is 2.08 bits per heavy atom. The first-order valence-electron chi connectivity index (χ1n) is 9.12. The number of aliphatic hydroxyl groups excluding tert-OH is 1. The maximum Gasteiger partial charge on any atom is 0.122 e. The second-order valence-electron chi connectivity index (χ2n) is 6.85. The van der Waals surface area contributed by atoms with Crippen LogP contribution < -0.4 is 9.64 Å². The second kappa shape index (κ2) is 7.06. The third-order valence-corrected chi connectivity index (χ3v) is 5.38. The fraction of sp³-hybridized carbons (Fsp3) is 0.526. The summed E-state index contributed by atoms with van der Waals surface area (Å²) in [6.45, 7) is 7.83. The molecule has 2 aliphatic rings. The molecule has 134 valence electrons. The van der Waals surface area contributed by atoms with E-state index in [1.807, 2.05) is 12.4 Å². The van der Waals surface area contributed by atoms with Gasteiger partial charge in [-0.15, -0.1) is 0 Å². The summed E-state index contributed by atoms with van der Waals surface area (Å²) >= 11 is 0. The Hall–Kier alpha value is -2.05. The van der Waals surface area contributed by atoms with Gasteiger partial charge in [-0.2, -0.15) is 5.10 Å². The van der Waals surface area contributed by atoms with Crippen molar-refractivity contribution in [1.82, 2.24) is 14.7 Å². The van der Waals surface area contributed by atoms with Crippen LogP contribution in [-0.2, 0) is 13.0 Å². The first kappa shape index (κ1) is 16.4. The van der Waals surface area contributed by atoms with Crippen molar-refractivity contribution in [2.24, 2.45) is 0 Å². The fourth-order valence-corrected chi connectivity index (χ4v) is 3.76. The van der Waals surface area contributed by atoms with Gasteiger partial charge in [0.1, 0.15) is 5.75 Å². The van der Waals surface area contributed by atoms with Crippen LogP contribution in [-0.4, -0.2) is 59.2 Å². The molecule has 0 bridgehead atoms. The Bertz CT molecular complexity index is 722. The Labute approximate surface area is 148 Å². The van der Waals surface area contributed by atoms with Crippen molar-refractivity contribution in [3.63, 3.8) is 0 Å². The number of benzene rings is 1. The molecule has 1 aromatic carbocycles. The maximum atomic E-state index is 9.01. The molecule has 0 aliphatic carbocycles. The molecule has 25 heavy (non-hydrogen) atoms. The summed E-state index contributed by atoms with van der Waals surface area (Å²) in [5.41, 5.74) is 3.82. The molecule has 0 amide bonds. The van der Waals surface area contributed by atoms with Gasteiger partial charge in [0.05, 0.1) is 31.6 Å². The minimum Gasteiger partial charge on any atom is -0.493 e. The number of aromatic nitrogens is 2. The second-order valence-corrected chi connectivity index (χ2v) is 6.85. The fourth-order valence-electron chi connectivity index (χ4n) is 3.76. The predicted octanol–water partition coefficient (Wildman–Crippen LogP) is 1.69. The zero-order chi connectivity index (χ0) is 17.2. The van der Waals surface area contributed by atoms with E-state index in [0.717, 1.165) is 50.6 Å². The minimum absolute atomic E-state index is 0.122. The Kier molecular flexibility index (Phi) is 4.63. The number of piperazine rings is 1. The van der Waals surface area contributed by atoms with Crippen LogP contribution in [0.15, 0.2) is 30.6 Å². The van der Waals surface area contributed by atoms with E-state index in [-0.39, 0.29) is 6.61 Å². The van der Waals surface area contributed by atoms with E-state index in [0.29, 0.717) is 12.6 Å². The summed E-state index contributed by atoms with van der Waals surface area (Å²) < 4.78 is 7.52. The van der Waals surface area contributed by atoms with Crippen molar-refractivity contribution in [1.29, 1.82) is 0 Å². The van der Waals surface area contributed by atoms with E-state index in [1.54, 1.807) is 4.68 Å². The van der Waals surface area contributed by atoms with Gasteiger partial charge in [0.15, 0.2) is 0 Å². The van der Waals surface area contributed by atoms with Crippen LogP contribution in [0.5, 0.6) is 5.75 Å². The monoisotopic (exact) mass is 342 g/mol. The largest absolute Gasteiger partial charge is 0.493 e. The van der Waals surface area contributed by atoms with Gasteiger partial charge in [-0.05, 0) is 24.1 Å². The van der Waals surface area contributed by atoms with Crippen molar-refractivity contribution < 1.29 is 9.84 Å². The number of ether oxygens (including phenoxy) is 1. The van der Waals surface area contributed by atoms with Crippen molar-refractivity contribution in [3.05, 3.63) is 41.7 Å². The van der Waals surface area contributed by atoms with Crippen molar-refractivity contribution in [3.8, 4) is 5.75 Å². The van der Waals surface area contributed by atoms with Crippen LogP contribution in [0.2, 0.25) is 0 Å². The molecule has 6 nitrogen and oxygen atoms in total. The smallest absolute Gasteiger partial charge is 0.122 e. The molecule has 1 N–H and O–H groups in total. The lowest BCUT2D eigenvalue weighted by Crippen LogP contribution is -2.47. The first-order chi connectivity index (χ1) is 12.2. The molecule has 0 radical (unpaired) electrons. The number of hydrogen-bond donors (Lipinski definition) is 1. The highest BCUT2D eigenvalue weighted by atomic mass is 16.5. The SMILES string of the molecule is CC(c1ccc2c(c1)OCC2)N1CCN(c2cnn(CCO)c2)CC1. The topological polar surface area (TPSA) is 53.8 Å². The quantitative estimate of drug-likeness (QED) is 0.896. The maximum absolute atomic E-state index is 9.01. The standard InChI is InChI=1S/C19H26N4O2/c1-15(17-3-2-16-4-11-25-19(16)12-17)21-5-7-22(8-6-21)18-13-20-23(14-18)9-10-24/h2-3,12-15,24H,4-11H2,1H3. The third kappa shape index (κ3) is 3.37. The summed E-state index contributed by atoms with van der Waals surface area (Å²) in [7, 11) is 0. The number of rotatable bonds is 5. The molecule has 0 saturated carbocycles. The van der Waals surface area contributed by atoms with Crippen LogP contribution >= 0.6 is 0 Å². The van der Waals surface area contributed by atoms with Crippen LogP contribution in [0, 0.1) is 0 Å². The lowest BCUT2D eigenvalue weighted by molar-refractivity contribution is 0.198. The van der Waals surface area contributed by atoms with E-state index in [1.165, 1.54) is 11.1 Å². The molecule has 4 rings (SSSR count). The minimum atomic E-state index is 0.122. The third-order valence-electron chi connectivity index (χ3n) is 5.38. The number of aliphatic hydroxyl groups is 1. The summed E-state index contributed by atoms with van der Waals surface area (Å²) in [5, 5.41) is 13.3. The van der Waals surface area contributed by atoms with Gasteiger partial charge in [0.25, 0.3) is 0 Å². The lowest BCUT2D eigenvalue weighted by atomic mass is 10.0. The Balaban J connectivity index is 1.37. The molecule has 6 heteroatoms. The van der Waals surface area contributed by atoms with E-state index in [9.17, 15) is 0 Å². The van der Waals surface area contributed by atoms with Crippen LogP contribution in [0.4, 0.5) is 5.69 Å². The van der Waals surface area contributed by atoms with Gasteiger partial charge in [0, 0.05) is 44.8 Å². The van der Waals surface area contributed by atoms with Crippen LogP contribution in [0.1, 0.15) is 24.1 Å². The first-order valence-corrected chi connectivity index (χ1v) is 9.12. The molecule has 1 unspecified atom stereocenters.